The van der Waals surface area contributed by atoms with E-state index in [9.17, 15) is 4.79 Å². The maximum Gasteiger partial charge on any atom is 0.233 e. The molecule has 3 rings (SSSR count). The Balaban J connectivity index is 1.64. The van der Waals surface area contributed by atoms with Crippen LogP contribution in [0.15, 0.2) is 41.8 Å². The number of piperidine rings is 1. The number of imidazole rings is 1. The fourth-order valence-corrected chi connectivity index (χ4v) is 3.70. The molecule has 1 aliphatic heterocycles. The molecule has 2 heterocycles. The maximum atomic E-state index is 12.4. The van der Waals surface area contributed by atoms with Gasteiger partial charge in [0.1, 0.15) is 5.75 Å². The molecule has 1 fully saturated rings. The number of carbonyl (C=O) groups excluding carboxylic acids is 1. The van der Waals surface area contributed by atoms with Crippen molar-refractivity contribution in [1.29, 1.82) is 0 Å². The zero-order chi connectivity index (χ0) is 16.9. The summed E-state index contributed by atoms with van der Waals surface area (Å²) >= 11 is 1.48. The summed E-state index contributed by atoms with van der Waals surface area (Å²) in [6.45, 7) is 4.01. The molecule has 1 aromatic heterocycles. The highest BCUT2D eigenvalue weighted by Gasteiger charge is 2.20. The number of likely N-dealkylation sites (tertiary alicyclic amines) is 1. The minimum atomic E-state index is 0.201. The molecule has 0 radical (unpaired) electrons. The number of hydrogen-bond donors (Lipinski definition) is 0. The minimum absolute atomic E-state index is 0.201. The van der Waals surface area contributed by atoms with Gasteiger partial charge in [0.15, 0.2) is 5.16 Å². The fourth-order valence-electron chi connectivity index (χ4n) is 2.83. The Morgan fingerprint density at radius 1 is 1.38 bits per heavy atom. The van der Waals surface area contributed by atoms with Crippen LogP contribution < -0.4 is 4.74 Å². The summed E-state index contributed by atoms with van der Waals surface area (Å²) in [7, 11) is 1.65. The molecule has 0 aliphatic carbocycles. The summed E-state index contributed by atoms with van der Waals surface area (Å²) in [5.74, 6) is 2.16. The van der Waals surface area contributed by atoms with E-state index < -0.39 is 0 Å². The van der Waals surface area contributed by atoms with E-state index in [4.69, 9.17) is 4.74 Å². The molecule has 0 spiro atoms. The highest BCUT2D eigenvalue weighted by molar-refractivity contribution is 7.99. The van der Waals surface area contributed by atoms with Crippen molar-refractivity contribution in [2.24, 2.45) is 5.92 Å². The lowest BCUT2D eigenvalue weighted by atomic mass is 9.99. The largest absolute Gasteiger partial charge is 0.497 e. The Morgan fingerprint density at radius 3 is 2.92 bits per heavy atom. The third kappa shape index (κ3) is 3.93. The van der Waals surface area contributed by atoms with E-state index in [0.717, 1.165) is 48.4 Å². The van der Waals surface area contributed by atoms with E-state index in [1.165, 1.54) is 11.8 Å². The molecule has 0 saturated carbocycles. The Bertz CT molecular complexity index is 693. The van der Waals surface area contributed by atoms with Crippen LogP contribution >= 0.6 is 11.8 Å². The van der Waals surface area contributed by atoms with Crippen LogP contribution in [0.2, 0.25) is 0 Å². The van der Waals surface area contributed by atoms with E-state index in [-0.39, 0.29) is 5.91 Å². The van der Waals surface area contributed by atoms with Gasteiger partial charge >= 0.3 is 0 Å². The lowest BCUT2D eigenvalue weighted by Gasteiger charge is -2.30. The van der Waals surface area contributed by atoms with Crippen LogP contribution in [0.5, 0.6) is 5.75 Å². The lowest BCUT2D eigenvalue weighted by molar-refractivity contribution is -0.129. The predicted molar refractivity (Wildman–Crippen MR) is 95.8 cm³/mol. The molecule has 0 N–H and O–H groups in total. The van der Waals surface area contributed by atoms with E-state index >= 15 is 0 Å². The van der Waals surface area contributed by atoms with Crippen molar-refractivity contribution in [2.45, 2.75) is 24.9 Å². The van der Waals surface area contributed by atoms with Crippen LogP contribution in [-0.4, -0.2) is 46.3 Å². The van der Waals surface area contributed by atoms with Crippen LogP contribution in [0.25, 0.3) is 5.69 Å². The molecule has 1 saturated heterocycles. The Hall–Kier alpha value is -1.95. The van der Waals surface area contributed by atoms with Crippen molar-refractivity contribution in [1.82, 2.24) is 14.5 Å². The van der Waals surface area contributed by atoms with Crippen LogP contribution in [0.4, 0.5) is 0 Å². The Labute approximate surface area is 147 Å². The van der Waals surface area contributed by atoms with E-state index in [1.807, 2.05) is 39.9 Å². The fraction of sp³-hybridized carbons (Fsp3) is 0.444. The van der Waals surface area contributed by atoms with Gasteiger partial charge in [-0.1, -0.05) is 24.8 Å². The van der Waals surface area contributed by atoms with Gasteiger partial charge in [0.25, 0.3) is 0 Å². The van der Waals surface area contributed by atoms with Crippen LogP contribution in [0, 0.1) is 5.92 Å². The lowest BCUT2D eigenvalue weighted by Crippen LogP contribution is -2.38. The molecule has 2 aromatic rings. The highest BCUT2D eigenvalue weighted by Crippen LogP contribution is 2.24. The SMILES string of the molecule is COc1cccc(-n2ccnc2SCC(=O)N2CCC(C)CC2)c1. The normalized spacial score (nSPS) is 15.5. The second kappa shape index (κ2) is 7.75. The molecular formula is C18H23N3O2S. The molecule has 0 unspecified atom stereocenters. The standard InChI is InChI=1S/C18H23N3O2S/c1-14-6-9-20(10-7-14)17(22)13-24-18-19-8-11-21(18)15-4-3-5-16(12-15)23-2/h3-5,8,11-12,14H,6-7,9-10,13H2,1-2H3. The number of amides is 1. The molecule has 0 bridgehead atoms. The molecule has 5 nitrogen and oxygen atoms in total. The Morgan fingerprint density at radius 2 is 2.17 bits per heavy atom. The molecule has 1 amide bonds. The molecule has 128 valence electrons. The average molecular weight is 345 g/mol. The second-order valence-electron chi connectivity index (χ2n) is 6.13. The molecular weight excluding hydrogens is 322 g/mol. The monoisotopic (exact) mass is 345 g/mol. The summed E-state index contributed by atoms with van der Waals surface area (Å²) in [6.07, 6.45) is 5.88. The van der Waals surface area contributed by atoms with Gasteiger partial charge in [0.05, 0.1) is 18.6 Å². The number of benzene rings is 1. The van der Waals surface area contributed by atoms with E-state index in [0.29, 0.717) is 5.75 Å². The molecule has 6 heteroatoms. The minimum Gasteiger partial charge on any atom is -0.497 e. The summed E-state index contributed by atoms with van der Waals surface area (Å²) < 4.78 is 7.26. The smallest absolute Gasteiger partial charge is 0.233 e. The van der Waals surface area contributed by atoms with Crippen LogP contribution in [-0.2, 0) is 4.79 Å². The zero-order valence-corrected chi connectivity index (χ0v) is 15.0. The summed E-state index contributed by atoms with van der Waals surface area (Å²) in [5, 5.41) is 0.821. The number of methoxy groups -OCH3 is 1. The van der Waals surface area contributed by atoms with Crippen LogP contribution in [0.1, 0.15) is 19.8 Å². The average Bonchev–Trinajstić information content (AvgIpc) is 3.09. The topological polar surface area (TPSA) is 47.4 Å². The Kier molecular flexibility index (Phi) is 5.45. The highest BCUT2D eigenvalue weighted by atomic mass is 32.2. The third-order valence-corrected chi connectivity index (χ3v) is 5.35. The van der Waals surface area contributed by atoms with Gasteiger partial charge in [-0.05, 0) is 30.9 Å². The van der Waals surface area contributed by atoms with Gasteiger partial charge < -0.3 is 9.64 Å². The van der Waals surface area contributed by atoms with Crippen LogP contribution in [0.3, 0.4) is 0 Å². The molecule has 24 heavy (non-hydrogen) atoms. The number of thioether (sulfide) groups is 1. The summed E-state index contributed by atoms with van der Waals surface area (Å²) in [6, 6.07) is 7.82. The summed E-state index contributed by atoms with van der Waals surface area (Å²) in [4.78, 5) is 18.8. The number of carbonyl (C=O) groups is 1. The van der Waals surface area contributed by atoms with Gasteiger partial charge in [-0.15, -0.1) is 0 Å². The van der Waals surface area contributed by atoms with Crippen molar-refractivity contribution < 1.29 is 9.53 Å². The van der Waals surface area contributed by atoms with Gasteiger partial charge in [-0.2, -0.15) is 0 Å². The number of rotatable bonds is 5. The molecule has 0 atom stereocenters. The predicted octanol–water partition coefficient (Wildman–Crippen LogP) is 3.23. The van der Waals surface area contributed by atoms with Gasteiger partial charge in [-0.3, -0.25) is 9.36 Å². The quantitative estimate of drug-likeness (QED) is 0.781. The van der Waals surface area contributed by atoms with Crippen molar-refractivity contribution in [2.75, 3.05) is 26.0 Å². The first kappa shape index (κ1) is 16.9. The summed E-state index contributed by atoms with van der Waals surface area (Å²) in [5.41, 5.74) is 0.980. The van der Waals surface area contributed by atoms with Gasteiger partial charge in [0, 0.05) is 31.5 Å². The third-order valence-electron chi connectivity index (χ3n) is 4.40. The van der Waals surface area contributed by atoms with Crippen molar-refractivity contribution in [3.05, 3.63) is 36.7 Å². The first-order chi connectivity index (χ1) is 11.7. The second-order valence-corrected chi connectivity index (χ2v) is 7.08. The first-order valence-corrected chi connectivity index (χ1v) is 9.24. The van der Waals surface area contributed by atoms with Crippen molar-refractivity contribution in [3.8, 4) is 11.4 Å². The van der Waals surface area contributed by atoms with E-state index in [2.05, 4.69) is 11.9 Å². The van der Waals surface area contributed by atoms with Gasteiger partial charge in [-0.25, -0.2) is 4.98 Å². The number of nitrogens with zero attached hydrogens (tertiary/aromatic N) is 3. The van der Waals surface area contributed by atoms with Crippen molar-refractivity contribution >= 4 is 17.7 Å². The van der Waals surface area contributed by atoms with Crippen molar-refractivity contribution in [3.63, 3.8) is 0 Å². The number of ether oxygens (including phenoxy) is 1. The molecule has 1 aromatic carbocycles. The van der Waals surface area contributed by atoms with E-state index in [1.54, 1.807) is 13.3 Å². The number of aromatic nitrogens is 2. The first-order valence-electron chi connectivity index (χ1n) is 8.25. The van der Waals surface area contributed by atoms with Gasteiger partial charge in [0.2, 0.25) is 5.91 Å². The molecule has 1 aliphatic rings. The maximum absolute atomic E-state index is 12.4. The number of hydrogen-bond acceptors (Lipinski definition) is 4. The zero-order valence-electron chi connectivity index (χ0n) is 14.1.